The number of tetrazole rings is 2. The highest BCUT2D eigenvalue weighted by atomic mass is 79.9. The summed E-state index contributed by atoms with van der Waals surface area (Å²) in [7, 11) is 0. The second-order valence-electron chi connectivity index (χ2n) is 5.41. The van der Waals surface area contributed by atoms with Crippen molar-refractivity contribution in [2.45, 2.75) is 25.4 Å². The van der Waals surface area contributed by atoms with E-state index < -0.39 is 0 Å². The van der Waals surface area contributed by atoms with Gasteiger partial charge >= 0.3 is 0 Å². The summed E-state index contributed by atoms with van der Waals surface area (Å²) in [4.78, 5) is 12.4. The third-order valence-corrected chi connectivity index (χ3v) is 4.08. The molecule has 1 fully saturated rings. The summed E-state index contributed by atoms with van der Waals surface area (Å²) in [6, 6.07) is 5.62. The molecule has 3 aromatic rings. The Morgan fingerprint density at radius 3 is 2.88 bits per heavy atom. The van der Waals surface area contributed by atoms with Crippen LogP contribution in [0.25, 0.3) is 5.69 Å². The Bertz CT molecular complexity index is 871. The summed E-state index contributed by atoms with van der Waals surface area (Å²) in [6.07, 6.45) is 3.62. The van der Waals surface area contributed by atoms with Gasteiger partial charge in [0.25, 0.3) is 5.91 Å². The first-order valence-corrected chi connectivity index (χ1v) is 8.09. The normalized spacial score (nSPS) is 13.9. The van der Waals surface area contributed by atoms with Crippen LogP contribution in [0.4, 0.5) is 0 Å². The molecule has 1 aliphatic carbocycles. The lowest BCUT2D eigenvalue weighted by Crippen LogP contribution is -2.25. The Balaban J connectivity index is 1.51. The van der Waals surface area contributed by atoms with Crippen molar-refractivity contribution < 1.29 is 4.79 Å². The van der Waals surface area contributed by atoms with E-state index in [4.69, 9.17) is 0 Å². The van der Waals surface area contributed by atoms with Gasteiger partial charge in [-0.2, -0.15) is 0 Å². The van der Waals surface area contributed by atoms with Crippen molar-refractivity contribution >= 4 is 21.8 Å². The van der Waals surface area contributed by atoms with Crippen molar-refractivity contribution in [3.8, 4) is 5.69 Å². The number of amides is 1. The van der Waals surface area contributed by atoms with Crippen LogP contribution in [0, 0.1) is 0 Å². The molecule has 1 amide bonds. The molecule has 0 bridgehead atoms. The minimum atomic E-state index is -0.226. The van der Waals surface area contributed by atoms with Gasteiger partial charge in [-0.05, 0) is 51.9 Å². The zero-order valence-electron chi connectivity index (χ0n) is 12.4. The standard InChI is InChI=1S/C13H12BrN9O/c14-9-3-8(4-11(5-9)22-7-16-18-20-22)13(24)15-6-12-17-19-21-23(12)10-1-2-10/h3-5,7,10H,1-2,6H2,(H,15,24). The molecule has 0 radical (unpaired) electrons. The van der Waals surface area contributed by atoms with E-state index in [1.165, 1.54) is 11.0 Å². The number of hydrogen-bond donors (Lipinski definition) is 1. The van der Waals surface area contributed by atoms with Crippen LogP contribution in [0.15, 0.2) is 29.0 Å². The summed E-state index contributed by atoms with van der Waals surface area (Å²) in [5.74, 6) is 0.428. The van der Waals surface area contributed by atoms with Crippen molar-refractivity contribution in [1.82, 2.24) is 45.7 Å². The molecule has 10 nitrogen and oxygen atoms in total. The molecule has 24 heavy (non-hydrogen) atoms. The van der Waals surface area contributed by atoms with Gasteiger partial charge in [-0.25, -0.2) is 9.36 Å². The molecule has 0 aliphatic heterocycles. The first-order chi connectivity index (χ1) is 11.7. The van der Waals surface area contributed by atoms with E-state index in [9.17, 15) is 4.79 Å². The second-order valence-corrected chi connectivity index (χ2v) is 6.32. The van der Waals surface area contributed by atoms with E-state index in [1.54, 1.807) is 16.8 Å². The lowest BCUT2D eigenvalue weighted by molar-refractivity contribution is 0.0949. The van der Waals surface area contributed by atoms with E-state index >= 15 is 0 Å². The van der Waals surface area contributed by atoms with Crippen LogP contribution in [0.1, 0.15) is 35.1 Å². The van der Waals surface area contributed by atoms with Gasteiger partial charge in [-0.3, -0.25) is 4.79 Å². The smallest absolute Gasteiger partial charge is 0.251 e. The molecule has 2 heterocycles. The molecule has 0 spiro atoms. The van der Waals surface area contributed by atoms with Crippen LogP contribution in [0.3, 0.4) is 0 Å². The van der Waals surface area contributed by atoms with Crippen molar-refractivity contribution in [3.05, 3.63) is 40.4 Å². The Morgan fingerprint density at radius 1 is 1.25 bits per heavy atom. The quantitative estimate of drug-likeness (QED) is 0.681. The van der Waals surface area contributed by atoms with E-state index in [1.807, 2.05) is 6.07 Å². The molecule has 1 aliphatic rings. The lowest BCUT2D eigenvalue weighted by Gasteiger charge is -2.08. The predicted octanol–water partition coefficient (Wildman–Crippen LogP) is 0.676. The monoisotopic (exact) mass is 389 g/mol. The average molecular weight is 390 g/mol. The zero-order chi connectivity index (χ0) is 16.5. The van der Waals surface area contributed by atoms with Crippen molar-refractivity contribution in [2.24, 2.45) is 0 Å². The molecule has 2 aromatic heterocycles. The van der Waals surface area contributed by atoms with Gasteiger partial charge in [0.05, 0.1) is 18.3 Å². The maximum Gasteiger partial charge on any atom is 0.251 e. The number of hydrogen-bond acceptors (Lipinski definition) is 7. The van der Waals surface area contributed by atoms with Gasteiger partial charge in [0.15, 0.2) is 5.82 Å². The SMILES string of the molecule is O=C(NCc1nnnn1C1CC1)c1cc(Br)cc(-n2cnnn2)c1. The maximum absolute atomic E-state index is 12.4. The molecule has 11 heteroatoms. The Labute approximate surface area is 144 Å². The van der Waals surface area contributed by atoms with Crippen LogP contribution in [0.2, 0.25) is 0 Å². The Hall–Kier alpha value is -2.69. The minimum absolute atomic E-state index is 0.226. The molecule has 4 rings (SSSR count). The van der Waals surface area contributed by atoms with Crippen molar-refractivity contribution in [1.29, 1.82) is 0 Å². The lowest BCUT2D eigenvalue weighted by atomic mass is 10.2. The number of nitrogens with zero attached hydrogens (tertiary/aromatic N) is 8. The molecular formula is C13H12BrN9O. The largest absolute Gasteiger partial charge is 0.345 e. The van der Waals surface area contributed by atoms with Gasteiger partial charge in [0.2, 0.25) is 0 Å². The third kappa shape index (κ3) is 3.02. The fourth-order valence-electron chi connectivity index (χ4n) is 2.31. The summed E-state index contributed by atoms with van der Waals surface area (Å²) < 4.78 is 4.01. The van der Waals surface area contributed by atoms with Crippen LogP contribution in [0.5, 0.6) is 0 Å². The summed E-state index contributed by atoms with van der Waals surface area (Å²) >= 11 is 3.40. The van der Waals surface area contributed by atoms with Crippen LogP contribution in [-0.4, -0.2) is 46.3 Å². The molecule has 0 atom stereocenters. The van der Waals surface area contributed by atoms with Crippen LogP contribution in [-0.2, 0) is 6.54 Å². The Kier molecular flexibility index (Phi) is 3.76. The summed E-state index contributed by atoms with van der Waals surface area (Å²) in [5.41, 5.74) is 1.17. The molecule has 122 valence electrons. The highest BCUT2D eigenvalue weighted by Crippen LogP contribution is 2.34. The van der Waals surface area contributed by atoms with E-state index in [0.717, 1.165) is 17.3 Å². The summed E-state index contributed by atoms with van der Waals surface area (Å²) in [5, 5.41) is 25.5. The maximum atomic E-state index is 12.4. The Morgan fingerprint density at radius 2 is 2.12 bits per heavy atom. The van der Waals surface area contributed by atoms with Gasteiger partial charge in [-0.1, -0.05) is 15.9 Å². The van der Waals surface area contributed by atoms with Gasteiger partial charge in [0.1, 0.15) is 6.33 Å². The third-order valence-electron chi connectivity index (χ3n) is 3.62. The van der Waals surface area contributed by atoms with Gasteiger partial charge in [-0.15, -0.1) is 10.2 Å². The fourth-order valence-corrected chi connectivity index (χ4v) is 2.79. The number of rotatable bonds is 5. The first kappa shape index (κ1) is 14.9. The van der Waals surface area contributed by atoms with Crippen molar-refractivity contribution in [2.75, 3.05) is 0 Å². The van der Waals surface area contributed by atoms with Gasteiger partial charge < -0.3 is 5.32 Å². The van der Waals surface area contributed by atoms with Gasteiger partial charge in [0, 0.05) is 10.0 Å². The zero-order valence-corrected chi connectivity index (χ0v) is 14.0. The molecular weight excluding hydrogens is 378 g/mol. The minimum Gasteiger partial charge on any atom is -0.345 e. The number of carbonyl (C=O) groups excluding carboxylic acids is 1. The number of nitrogens with one attached hydrogen (secondary N) is 1. The highest BCUT2D eigenvalue weighted by molar-refractivity contribution is 9.10. The highest BCUT2D eigenvalue weighted by Gasteiger charge is 2.27. The van der Waals surface area contributed by atoms with E-state index in [0.29, 0.717) is 23.1 Å². The molecule has 1 saturated carbocycles. The first-order valence-electron chi connectivity index (χ1n) is 7.29. The predicted molar refractivity (Wildman–Crippen MR) is 84.1 cm³/mol. The molecule has 1 aromatic carbocycles. The van der Waals surface area contributed by atoms with E-state index in [2.05, 4.69) is 52.3 Å². The summed E-state index contributed by atoms with van der Waals surface area (Å²) in [6.45, 7) is 0.273. The van der Waals surface area contributed by atoms with Crippen molar-refractivity contribution in [3.63, 3.8) is 0 Å². The molecule has 1 N–H and O–H groups in total. The van der Waals surface area contributed by atoms with Crippen LogP contribution >= 0.6 is 15.9 Å². The number of carbonyl (C=O) groups is 1. The second kappa shape index (κ2) is 6.07. The topological polar surface area (TPSA) is 116 Å². The number of aromatic nitrogens is 8. The molecule has 0 saturated heterocycles. The molecule has 0 unspecified atom stereocenters. The van der Waals surface area contributed by atoms with E-state index in [-0.39, 0.29) is 12.5 Å². The van der Waals surface area contributed by atoms with Crippen LogP contribution < -0.4 is 5.32 Å². The average Bonchev–Trinajstić information content (AvgIpc) is 3.10. The fraction of sp³-hybridized carbons (Fsp3) is 0.308. The number of halogens is 1. The number of benzene rings is 1.